The van der Waals surface area contributed by atoms with Gasteiger partial charge >= 0.3 is 0 Å². The predicted molar refractivity (Wildman–Crippen MR) is 136 cm³/mol. The third kappa shape index (κ3) is 5.34. The molecule has 0 bridgehead atoms. The van der Waals surface area contributed by atoms with E-state index < -0.39 is 0 Å². The first kappa shape index (κ1) is 23.6. The molecule has 0 radical (unpaired) electrons. The van der Waals surface area contributed by atoms with Crippen LogP contribution in [0.25, 0.3) is 11.1 Å². The molecule has 6 heteroatoms. The summed E-state index contributed by atoms with van der Waals surface area (Å²) >= 11 is 0. The summed E-state index contributed by atoms with van der Waals surface area (Å²) in [5.74, 6) is 0.422. The fraction of sp³-hybridized carbons (Fsp3) is 0.286. The van der Waals surface area contributed by atoms with Crippen LogP contribution in [-0.4, -0.2) is 30.9 Å². The normalized spacial score (nSPS) is 15.9. The van der Waals surface area contributed by atoms with E-state index in [1.54, 1.807) is 19.4 Å². The van der Waals surface area contributed by atoms with Crippen molar-refractivity contribution in [1.29, 1.82) is 0 Å². The Kier molecular flexibility index (Phi) is 7.70. The number of unbranched alkanes of at least 4 members (excludes halogenated alkanes) is 1. The summed E-state index contributed by atoms with van der Waals surface area (Å²) in [5.41, 5.74) is 14.0. The van der Waals surface area contributed by atoms with Gasteiger partial charge in [-0.25, -0.2) is 14.4 Å². The molecule has 4 rings (SSSR count). The number of halogens is 1. The number of hydrogen-bond donors (Lipinski definition) is 2. The smallest absolute Gasteiger partial charge is 0.212 e. The molecule has 0 saturated carbocycles. The van der Waals surface area contributed by atoms with Crippen LogP contribution in [0.4, 0.5) is 4.39 Å². The molecule has 2 aliphatic rings. The van der Waals surface area contributed by atoms with E-state index in [4.69, 9.17) is 15.5 Å². The molecule has 2 aromatic rings. The van der Waals surface area contributed by atoms with Crippen LogP contribution in [0.1, 0.15) is 38.2 Å². The molecule has 176 valence electrons. The fourth-order valence-electron chi connectivity index (χ4n) is 4.11. The number of fused-ring (bicyclic) bond motifs is 1. The zero-order chi connectivity index (χ0) is 23.9. The molecule has 0 spiro atoms. The number of methoxy groups -OCH3 is 1. The number of nitrogens with one attached hydrogen (secondary N) is 1. The summed E-state index contributed by atoms with van der Waals surface area (Å²) in [6.07, 6.45) is 10.1. The van der Waals surface area contributed by atoms with E-state index in [1.165, 1.54) is 6.08 Å². The van der Waals surface area contributed by atoms with Gasteiger partial charge in [-0.3, -0.25) is 0 Å². The Labute approximate surface area is 200 Å². The molecule has 3 N–H and O–H groups in total. The van der Waals surface area contributed by atoms with Crippen molar-refractivity contribution < 1.29 is 9.13 Å². The lowest BCUT2D eigenvalue weighted by Crippen LogP contribution is -2.24. The lowest BCUT2D eigenvalue weighted by molar-refractivity contribution is 0.398. The minimum atomic E-state index is -0.161. The van der Waals surface area contributed by atoms with E-state index >= 15 is 0 Å². The van der Waals surface area contributed by atoms with Gasteiger partial charge in [0.05, 0.1) is 18.5 Å². The number of hydrogen-bond acceptors (Lipinski definition) is 5. The third-order valence-corrected chi connectivity index (χ3v) is 6.05. The zero-order valence-electron chi connectivity index (χ0n) is 19.8. The Balaban J connectivity index is 1.74. The van der Waals surface area contributed by atoms with Crippen LogP contribution in [0.5, 0.6) is 5.88 Å². The first-order valence-electron chi connectivity index (χ1n) is 11.7. The van der Waals surface area contributed by atoms with Crippen LogP contribution in [0.3, 0.4) is 0 Å². The second-order valence-electron chi connectivity index (χ2n) is 8.34. The lowest BCUT2D eigenvalue weighted by Gasteiger charge is -2.16. The Morgan fingerprint density at radius 2 is 1.82 bits per heavy atom. The molecule has 1 aromatic carbocycles. The SMILES string of the molecule is CCCCNC1=C(CN)C(c2ccc(-c3ccc(OC)nc3)cc2)=NC2=CC=C(F)CC=C2C1. The Bertz CT molecular complexity index is 1170. The molecule has 0 saturated heterocycles. The van der Waals surface area contributed by atoms with Crippen molar-refractivity contribution in [2.75, 3.05) is 20.2 Å². The molecule has 0 atom stereocenters. The van der Waals surface area contributed by atoms with Gasteiger partial charge < -0.3 is 15.8 Å². The van der Waals surface area contributed by atoms with Crippen LogP contribution in [0.2, 0.25) is 0 Å². The number of nitrogens with two attached hydrogens (primary N) is 1. The second kappa shape index (κ2) is 11.1. The molecular weight excluding hydrogens is 427 g/mol. The third-order valence-electron chi connectivity index (χ3n) is 6.05. The van der Waals surface area contributed by atoms with Gasteiger partial charge in [0, 0.05) is 60.6 Å². The monoisotopic (exact) mass is 458 g/mol. The maximum atomic E-state index is 14.0. The number of benzene rings is 1. The Morgan fingerprint density at radius 3 is 2.50 bits per heavy atom. The number of nitrogens with zero attached hydrogens (tertiary/aromatic N) is 2. The summed E-state index contributed by atoms with van der Waals surface area (Å²) in [6, 6.07) is 12.1. The Hall–Kier alpha value is -3.51. The van der Waals surface area contributed by atoms with E-state index in [0.717, 1.165) is 64.3 Å². The minimum Gasteiger partial charge on any atom is -0.481 e. The molecule has 1 aliphatic heterocycles. The number of rotatable bonds is 8. The summed E-state index contributed by atoms with van der Waals surface area (Å²) in [5, 5.41) is 3.60. The highest BCUT2D eigenvalue weighted by Crippen LogP contribution is 2.32. The van der Waals surface area contributed by atoms with Gasteiger partial charge in [-0.1, -0.05) is 43.7 Å². The fourth-order valence-corrected chi connectivity index (χ4v) is 4.11. The van der Waals surface area contributed by atoms with Crippen molar-refractivity contribution in [3.05, 3.63) is 94.8 Å². The van der Waals surface area contributed by atoms with E-state index in [2.05, 4.69) is 41.5 Å². The van der Waals surface area contributed by atoms with Gasteiger partial charge in [0.25, 0.3) is 0 Å². The highest BCUT2D eigenvalue weighted by Gasteiger charge is 2.22. The summed E-state index contributed by atoms with van der Waals surface area (Å²) < 4.78 is 19.2. The Morgan fingerprint density at radius 1 is 1.06 bits per heavy atom. The van der Waals surface area contributed by atoms with E-state index in [0.29, 0.717) is 18.8 Å². The predicted octanol–water partition coefficient (Wildman–Crippen LogP) is 5.62. The van der Waals surface area contributed by atoms with Gasteiger partial charge in [0.1, 0.15) is 5.83 Å². The van der Waals surface area contributed by atoms with Gasteiger partial charge in [-0.05, 0) is 35.8 Å². The minimum absolute atomic E-state index is 0.161. The number of pyridine rings is 1. The molecule has 0 amide bonds. The standard InChI is InChI=1S/C28H31FN4O/c1-3-4-15-31-26-16-21-9-11-23(29)12-13-25(21)33-28(24(26)17-30)20-7-5-19(6-8-20)22-10-14-27(34-2)32-18-22/h5-10,12-14,18,31H,3-4,11,15-17,30H2,1-2H3. The first-order chi connectivity index (χ1) is 16.6. The average Bonchev–Trinajstić information content (AvgIpc) is 3.14. The molecule has 34 heavy (non-hydrogen) atoms. The molecule has 5 nitrogen and oxygen atoms in total. The molecule has 0 unspecified atom stereocenters. The largest absolute Gasteiger partial charge is 0.481 e. The van der Waals surface area contributed by atoms with Crippen LogP contribution in [-0.2, 0) is 0 Å². The molecule has 0 fully saturated rings. The highest BCUT2D eigenvalue weighted by molar-refractivity contribution is 6.14. The quantitative estimate of drug-likeness (QED) is 0.504. The van der Waals surface area contributed by atoms with Gasteiger partial charge in [-0.15, -0.1) is 0 Å². The van der Waals surface area contributed by atoms with Gasteiger partial charge in [0.15, 0.2) is 0 Å². The number of ether oxygens (including phenoxy) is 1. The maximum Gasteiger partial charge on any atom is 0.212 e. The van der Waals surface area contributed by atoms with Gasteiger partial charge in [-0.2, -0.15) is 0 Å². The van der Waals surface area contributed by atoms with Crippen LogP contribution >= 0.6 is 0 Å². The molecule has 1 aliphatic carbocycles. The first-order valence-corrected chi connectivity index (χ1v) is 11.7. The molecular formula is C28H31FN4O. The highest BCUT2D eigenvalue weighted by atomic mass is 19.1. The summed E-state index contributed by atoms with van der Waals surface area (Å²) in [6.45, 7) is 3.40. The molecule has 2 heterocycles. The van der Waals surface area contributed by atoms with Crippen LogP contribution in [0.15, 0.2) is 94.2 Å². The number of allylic oxidation sites excluding steroid dienone is 6. The van der Waals surface area contributed by atoms with Crippen LogP contribution < -0.4 is 15.8 Å². The van der Waals surface area contributed by atoms with Crippen molar-refractivity contribution in [3.8, 4) is 17.0 Å². The van der Waals surface area contributed by atoms with Crippen molar-refractivity contribution in [2.45, 2.75) is 32.6 Å². The van der Waals surface area contributed by atoms with Crippen molar-refractivity contribution in [1.82, 2.24) is 10.3 Å². The summed E-state index contributed by atoms with van der Waals surface area (Å²) in [7, 11) is 1.60. The van der Waals surface area contributed by atoms with E-state index in [-0.39, 0.29) is 12.2 Å². The van der Waals surface area contributed by atoms with Gasteiger partial charge in [0.2, 0.25) is 5.88 Å². The van der Waals surface area contributed by atoms with Crippen molar-refractivity contribution in [3.63, 3.8) is 0 Å². The average molecular weight is 459 g/mol. The van der Waals surface area contributed by atoms with Crippen molar-refractivity contribution in [2.24, 2.45) is 10.7 Å². The second-order valence-corrected chi connectivity index (χ2v) is 8.34. The van der Waals surface area contributed by atoms with Crippen LogP contribution in [0, 0.1) is 0 Å². The topological polar surface area (TPSA) is 72.5 Å². The lowest BCUT2D eigenvalue weighted by atomic mass is 9.96. The zero-order valence-corrected chi connectivity index (χ0v) is 19.8. The van der Waals surface area contributed by atoms with Crippen molar-refractivity contribution >= 4 is 5.71 Å². The summed E-state index contributed by atoms with van der Waals surface area (Å²) in [4.78, 5) is 9.31. The maximum absolute atomic E-state index is 14.0. The van der Waals surface area contributed by atoms with E-state index in [1.807, 2.05) is 18.2 Å². The molecule has 1 aromatic heterocycles. The number of aromatic nitrogens is 1. The number of aliphatic imine (C=N–C) groups is 1. The van der Waals surface area contributed by atoms with E-state index in [9.17, 15) is 4.39 Å².